The van der Waals surface area contributed by atoms with E-state index in [1.807, 2.05) is 60.7 Å². The highest BCUT2D eigenvalue weighted by Crippen LogP contribution is 2.24. The number of rotatable bonds is 4. The monoisotopic (exact) mass is 254 g/mol. The van der Waals surface area contributed by atoms with Crippen LogP contribution in [0.25, 0.3) is 0 Å². The van der Waals surface area contributed by atoms with Crippen LogP contribution in [0, 0.1) is 0 Å². The number of carbonyl (C=O) groups is 1. The van der Waals surface area contributed by atoms with Gasteiger partial charge in [-0.3, -0.25) is 0 Å². The second-order valence-electron chi connectivity index (χ2n) is 3.75. The molecule has 0 atom stereocenters. The first-order valence-electron chi connectivity index (χ1n) is 5.83. The van der Waals surface area contributed by atoms with Gasteiger partial charge in [-0.25, -0.2) is 9.80 Å². The second kappa shape index (κ2) is 6.35. The summed E-state index contributed by atoms with van der Waals surface area (Å²) in [6.07, 6.45) is 1.15. The van der Waals surface area contributed by atoms with Crippen LogP contribution in [-0.4, -0.2) is 19.3 Å². The molecule has 96 valence electrons. The average Bonchev–Trinajstić information content (AvgIpc) is 2.49. The van der Waals surface area contributed by atoms with Gasteiger partial charge in [0.2, 0.25) is 0 Å². The minimum Gasteiger partial charge on any atom is -0.465 e. The number of hydrogen-bond acceptors (Lipinski definition) is 4. The fourth-order valence-corrected chi connectivity index (χ4v) is 1.58. The molecule has 0 fully saturated rings. The molecule has 0 saturated carbocycles. The quantitative estimate of drug-likeness (QED) is 0.478. The third kappa shape index (κ3) is 3.42. The predicted molar refractivity (Wildman–Crippen MR) is 75.5 cm³/mol. The average molecular weight is 254 g/mol. The summed E-state index contributed by atoms with van der Waals surface area (Å²) in [4.78, 5) is 11.2. The van der Waals surface area contributed by atoms with Crippen LogP contribution in [-0.2, 0) is 9.53 Å². The number of hydrogen-bond donors (Lipinski definition) is 0. The molecule has 0 unspecified atom stereocenters. The Morgan fingerprint density at radius 2 is 1.47 bits per heavy atom. The summed E-state index contributed by atoms with van der Waals surface area (Å²) in [5.41, 5.74) is 1.74. The van der Waals surface area contributed by atoms with Crippen molar-refractivity contribution in [2.75, 3.05) is 12.1 Å². The standard InChI is InChI=1S/C15H14N2O2/c1-19-15(18)12-16-17(13-8-4-2-5-9-13)14-10-6-3-7-11-14/h2-12H,1H3/b16-12+. The number of para-hydroxylation sites is 2. The van der Waals surface area contributed by atoms with E-state index in [1.165, 1.54) is 7.11 Å². The van der Waals surface area contributed by atoms with Crippen molar-refractivity contribution in [2.24, 2.45) is 5.10 Å². The van der Waals surface area contributed by atoms with Crippen LogP contribution in [0.1, 0.15) is 0 Å². The van der Waals surface area contributed by atoms with Crippen molar-refractivity contribution in [1.29, 1.82) is 0 Å². The number of ether oxygens (including phenoxy) is 1. The fraction of sp³-hybridized carbons (Fsp3) is 0.0667. The second-order valence-corrected chi connectivity index (χ2v) is 3.75. The number of methoxy groups -OCH3 is 1. The molecule has 2 rings (SSSR count). The third-order valence-corrected chi connectivity index (χ3v) is 2.48. The molecule has 0 aliphatic carbocycles. The first-order chi connectivity index (χ1) is 9.31. The van der Waals surface area contributed by atoms with E-state index >= 15 is 0 Å². The highest BCUT2D eigenvalue weighted by atomic mass is 16.5. The lowest BCUT2D eigenvalue weighted by atomic mass is 10.2. The van der Waals surface area contributed by atoms with Gasteiger partial charge >= 0.3 is 5.97 Å². The molecule has 0 spiro atoms. The summed E-state index contributed by atoms with van der Waals surface area (Å²) in [6.45, 7) is 0. The number of anilines is 2. The molecule has 4 nitrogen and oxygen atoms in total. The maximum Gasteiger partial charge on any atom is 0.350 e. The fourth-order valence-electron chi connectivity index (χ4n) is 1.58. The molecule has 4 heteroatoms. The number of esters is 1. The molecule has 0 bridgehead atoms. The SMILES string of the molecule is COC(=O)/C=N/N(c1ccccc1)c1ccccc1. The summed E-state index contributed by atoms with van der Waals surface area (Å²) < 4.78 is 4.56. The van der Waals surface area contributed by atoms with Gasteiger partial charge in [-0.05, 0) is 24.3 Å². The van der Waals surface area contributed by atoms with Gasteiger partial charge < -0.3 is 4.74 Å². The van der Waals surface area contributed by atoms with E-state index in [2.05, 4.69) is 9.84 Å². The van der Waals surface area contributed by atoms with Crippen molar-refractivity contribution in [3.63, 3.8) is 0 Å². The Morgan fingerprint density at radius 1 is 1.00 bits per heavy atom. The van der Waals surface area contributed by atoms with Crippen LogP contribution >= 0.6 is 0 Å². The number of hydrazone groups is 1. The van der Waals surface area contributed by atoms with Gasteiger partial charge in [-0.2, -0.15) is 5.10 Å². The molecule has 0 aromatic heterocycles. The largest absolute Gasteiger partial charge is 0.465 e. The molecule has 0 saturated heterocycles. The van der Waals surface area contributed by atoms with E-state index in [-0.39, 0.29) is 0 Å². The van der Waals surface area contributed by atoms with Gasteiger partial charge in [0.25, 0.3) is 0 Å². The van der Waals surface area contributed by atoms with Crippen LogP contribution in [0.3, 0.4) is 0 Å². The third-order valence-electron chi connectivity index (χ3n) is 2.48. The van der Waals surface area contributed by atoms with Crippen molar-refractivity contribution < 1.29 is 9.53 Å². The molecule has 0 radical (unpaired) electrons. The van der Waals surface area contributed by atoms with Crippen LogP contribution in [0.4, 0.5) is 11.4 Å². The summed E-state index contributed by atoms with van der Waals surface area (Å²) in [7, 11) is 1.32. The summed E-state index contributed by atoms with van der Waals surface area (Å²) in [5.74, 6) is -0.489. The number of nitrogens with zero attached hydrogens (tertiary/aromatic N) is 2. The Morgan fingerprint density at radius 3 is 1.89 bits per heavy atom. The molecule has 0 N–H and O–H groups in total. The highest BCUT2D eigenvalue weighted by Gasteiger charge is 2.07. The summed E-state index contributed by atoms with van der Waals surface area (Å²) >= 11 is 0. The van der Waals surface area contributed by atoms with E-state index in [9.17, 15) is 4.79 Å². The van der Waals surface area contributed by atoms with E-state index in [1.54, 1.807) is 5.01 Å². The maximum atomic E-state index is 11.2. The van der Waals surface area contributed by atoms with Crippen molar-refractivity contribution in [2.45, 2.75) is 0 Å². The Hall–Kier alpha value is -2.62. The Kier molecular flexibility index (Phi) is 4.29. The van der Waals surface area contributed by atoms with E-state index in [0.29, 0.717) is 0 Å². The first kappa shape index (κ1) is 12.8. The smallest absolute Gasteiger partial charge is 0.350 e. The van der Waals surface area contributed by atoms with Gasteiger partial charge in [0.1, 0.15) is 6.21 Å². The summed E-state index contributed by atoms with van der Waals surface area (Å²) in [5, 5.41) is 5.85. The molecule has 0 heterocycles. The van der Waals surface area contributed by atoms with Crippen LogP contribution in [0.2, 0.25) is 0 Å². The Bertz CT molecular complexity index is 513. The van der Waals surface area contributed by atoms with Crippen LogP contribution in [0.5, 0.6) is 0 Å². The molecule has 0 aliphatic heterocycles. The molecule has 19 heavy (non-hydrogen) atoms. The Labute approximate surface area is 111 Å². The van der Waals surface area contributed by atoms with Crippen molar-refractivity contribution in [3.8, 4) is 0 Å². The van der Waals surface area contributed by atoms with E-state index < -0.39 is 5.97 Å². The molecule has 0 aliphatic rings. The van der Waals surface area contributed by atoms with Crippen molar-refractivity contribution >= 4 is 23.6 Å². The van der Waals surface area contributed by atoms with E-state index in [0.717, 1.165) is 17.6 Å². The summed E-state index contributed by atoms with van der Waals surface area (Å²) in [6, 6.07) is 19.2. The van der Waals surface area contributed by atoms with E-state index in [4.69, 9.17) is 0 Å². The molecular weight excluding hydrogens is 240 g/mol. The van der Waals surface area contributed by atoms with Gasteiger partial charge in [0, 0.05) is 0 Å². The molecular formula is C15H14N2O2. The normalized spacial score (nSPS) is 10.4. The van der Waals surface area contributed by atoms with Gasteiger partial charge in [0.15, 0.2) is 0 Å². The van der Waals surface area contributed by atoms with Gasteiger partial charge in [0.05, 0.1) is 18.5 Å². The first-order valence-corrected chi connectivity index (χ1v) is 5.83. The zero-order chi connectivity index (χ0) is 13.5. The lowest BCUT2D eigenvalue weighted by Crippen LogP contribution is -2.12. The lowest BCUT2D eigenvalue weighted by Gasteiger charge is -2.18. The molecule has 0 amide bonds. The van der Waals surface area contributed by atoms with Crippen molar-refractivity contribution in [3.05, 3.63) is 60.7 Å². The van der Waals surface area contributed by atoms with Gasteiger partial charge in [-0.15, -0.1) is 0 Å². The number of benzene rings is 2. The minimum absolute atomic E-state index is 0.489. The maximum absolute atomic E-state index is 11.2. The zero-order valence-electron chi connectivity index (χ0n) is 10.6. The highest BCUT2D eigenvalue weighted by molar-refractivity contribution is 6.23. The van der Waals surface area contributed by atoms with Crippen LogP contribution in [0.15, 0.2) is 65.8 Å². The predicted octanol–water partition coefficient (Wildman–Crippen LogP) is 2.98. The van der Waals surface area contributed by atoms with Gasteiger partial charge in [-0.1, -0.05) is 36.4 Å². The Balaban J connectivity index is 2.34. The number of carbonyl (C=O) groups excluding carboxylic acids is 1. The zero-order valence-corrected chi connectivity index (χ0v) is 10.6. The topological polar surface area (TPSA) is 41.9 Å². The lowest BCUT2D eigenvalue weighted by molar-refractivity contribution is -0.132. The molecule has 2 aromatic rings. The van der Waals surface area contributed by atoms with Crippen LogP contribution < -0.4 is 5.01 Å². The van der Waals surface area contributed by atoms with Crippen molar-refractivity contribution in [1.82, 2.24) is 0 Å². The molecule has 2 aromatic carbocycles. The minimum atomic E-state index is -0.489.